The summed E-state index contributed by atoms with van der Waals surface area (Å²) in [6.45, 7) is 1.66. The molecule has 0 amide bonds. The standard InChI is InChI=1S/C5H8N4O2/c1-3(6)4-2-7-8-5(4)9(10)11/h2-3H,6H2,1H3,(H,7,8). The highest BCUT2D eigenvalue weighted by Crippen LogP contribution is 2.18. The van der Waals surface area contributed by atoms with Crippen LogP contribution in [0.2, 0.25) is 0 Å². The van der Waals surface area contributed by atoms with Crippen molar-refractivity contribution in [2.24, 2.45) is 5.73 Å². The quantitative estimate of drug-likeness (QED) is 0.476. The first-order valence-electron chi connectivity index (χ1n) is 3.06. The van der Waals surface area contributed by atoms with Crippen LogP contribution < -0.4 is 5.73 Å². The Hall–Kier alpha value is -1.43. The average molecular weight is 156 g/mol. The second-order valence-electron chi connectivity index (χ2n) is 2.22. The molecule has 0 aliphatic heterocycles. The smallest absolute Gasteiger partial charge is 0.347 e. The highest BCUT2D eigenvalue weighted by Gasteiger charge is 2.17. The summed E-state index contributed by atoms with van der Waals surface area (Å²) in [5.74, 6) is -0.125. The first-order valence-corrected chi connectivity index (χ1v) is 3.06. The van der Waals surface area contributed by atoms with Crippen molar-refractivity contribution in [2.75, 3.05) is 0 Å². The largest absolute Gasteiger partial charge is 0.358 e. The van der Waals surface area contributed by atoms with Crippen molar-refractivity contribution in [1.29, 1.82) is 0 Å². The predicted molar refractivity (Wildman–Crippen MR) is 37.8 cm³/mol. The summed E-state index contributed by atoms with van der Waals surface area (Å²) in [6, 6.07) is -0.367. The van der Waals surface area contributed by atoms with E-state index in [-0.39, 0.29) is 11.9 Å². The summed E-state index contributed by atoms with van der Waals surface area (Å²) in [6.07, 6.45) is 1.36. The van der Waals surface area contributed by atoms with Crippen molar-refractivity contribution in [1.82, 2.24) is 10.2 Å². The molecule has 1 heterocycles. The lowest BCUT2D eigenvalue weighted by Crippen LogP contribution is -2.06. The second kappa shape index (κ2) is 2.67. The number of nitrogens with one attached hydrogen (secondary N) is 1. The second-order valence-corrected chi connectivity index (χ2v) is 2.22. The van der Waals surface area contributed by atoms with E-state index in [9.17, 15) is 10.1 Å². The topological polar surface area (TPSA) is 97.8 Å². The van der Waals surface area contributed by atoms with Crippen LogP contribution in [0.4, 0.5) is 5.82 Å². The SMILES string of the molecule is CC(N)c1cn[nH]c1[N+](=O)[O-]. The molecule has 0 spiro atoms. The molecule has 6 heteroatoms. The van der Waals surface area contributed by atoms with Crippen LogP contribution in [-0.2, 0) is 0 Å². The Kier molecular flexibility index (Phi) is 1.86. The van der Waals surface area contributed by atoms with Crippen molar-refractivity contribution < 1.29 is 4.92 Å². The van der Waals surface area contributed by atoms with E-state index in [1.165, 1.54) is 6.20 Å². The maximum atomic E-state index is 10.3. The highest BCUT2D eigenvalue weighted by atomic mass is 16.6. The summed E-state index contributed by atoms with van der Waals surface area (Å²) in [5, 5.41) is 16.0. The zero-order valence-electron chi connectivity index (χ0n) is 5.94. The fourth-order valence-corrected chi connectivity index (χ4v) is 0.768. The zero-order valence-corrected chi connectivity index (χ0v) is 5.94. The van der Waals surface area contributed by atoms with Crippen LogP contribution in [0.15, 0.2) is 6.20 Å². The number of aromatic amines is 1. The summed E-state index contributed by atoms with van der Waals surface area (Å²) < 4.78 is 0. The first-order chi connectivity index (χ1) is 5.13. The van der Waals surface area contributed by atoms with Gasteiger partial charge in [-0.25, -0.2) is 0 Å². The van der Waals surface area contributed by atoms with Gasteiger partial charge in [0.05, 0.1) is 11.8 Å². The lowest BCUT2D eigenvalue weighted by molar-refractivity contribution is -0.390. The molecule has 0 fully saturated rings. The molecule has 0 aliphatic rings. The summed E-state index contributed by atoms with van der Waals surface area (Å²) in [5.41, 5.74) is 5.86. The van der Waals surface area contributed by atoms with E-state index in [4.69, 9.17) is 5.73 Å². The highest BCUT2D eigenvalue weighted by molar-refractivity contribution is 5.31. The van der Waals surface area contributed by atoms with Gasteiger partial charge in [-0.05, 0) is 11.8 Å². The van der Waals surface area contributed by atoms with E-state index in [1.807, 2.05) is 0 Å². The Balaban J connectivity index is 3.06. The van der Waals surface area contributed by atoms with Gasteiger partial charge in [-0.1, -0.05) is 5.10 Å². The van der Waals surface area contributed by atoms with E-state index in [1.54, 1.807) is 6.92 Å². The van der Waals surface area contributed by atoms with Crippen molar-refractivity contribution in [3.05, 3.63) is 21.9 Å². The van der Waals surface area contributed by atoms with E-state index < -0.39 is 4.92 Å². The lowest BCUT2D eigenvalue weighted by atomic mass is 10.2. The molecule has 6 nitrogen and oxygen atoms in total. The van der Waals surface area contributed by atoms with Crippen LogP contribution in [-0.4, -0.2) is 15.1 Å². The van der Waals surface area contributed by atoms with Crippen LogP contribution in [0, 0.1) is 10.1 Å². The Morgan fingerprint density at radius 1 is 1.91 bits per heavy atom. The number of nitrogens with two attached hydrogens (primary N) is 1. The normalized spacial score (nSPS) is 12.9. The number of hydrogen-bond donors (Lipinski definition) is 2. The molecule has 0 bridgehead atoms. The fraction of sp³-hybridized carbons (Fsp3) is 0.400. The van der Waals surface area contributed by atoms with E-state index in [0.29, 0.717) is 5.56 Å². The number of nitro groups is 1. The number of hydrogen-bond acceptors (Lipinski definition) is 4. The molecule has 1 aromatic rings. The monoisotopic (exact) mass is 156 g/mol. The van der Waals surface area contributed by atoms with Crippen molar-refractivity contribution in [3.8, 4) is 0 Å². The minimum atomic E-state index is -0.536. The molecule has 0 saturated carbocycles. The van der Waals surface area contributed by atoms with Crippen LogP contribution >= 0.6 is 0 Å². The molecule has 0 saturated heterocycles. The predicted octanol–water partition coefficient (Wildman–Crippen LogP) is 0.338. The molecule has 3 N–H and O–H groups in total. The molecule has 11 heavy (non-hydrogen) atoms. The third-order valence-electron chi connectivity index (χ3n) is 1.32. The zero-order chi connectivity index (χ0) is 8.43. The van der Waals surface area contributed by atoms with Crippen LogP contribution in [0.25, 0.3) is 0 Å². The lowest BCUT2D eigenvalue weighted by Gasteiger charge is -1.99. The minimum absolute atomic E-state index is 0.125. The fourth-order valence-electron chi connectivity index (χ4n) is 0.768. The van der Waals surface area contributed by atoms with Crippen LogP contribution in [0.5, 0.6) is 0 Å². The van der Waals surface area contributed by atoms with Gasteiger partial charge in [-0.15, -0.1) is 5.10 Å². The molecular formula is C5H8N4O2. The van der Waals surface area contributed by atoms with Crippen molar-refractivity contribution >= 4 is 5.82 Å². The van der Waals surface area contributed by atoms with Gasteiger partial charge in [0.25, 0.3) is 0 Å². The Labute approximate surface area is 62.6 Å². The maximum Gasteiger partial charge on any atom is 0.347 e. The van der Waals surface area contributed by atoms with Crippen molar-refractivity contribution in [2.45, 2.75) is 13.0 Å². The van der Waals surface area contributed by atoms with Crippen LogP contribution in [0.1, 0.15) is 18.5 Å². The molecule has 0 aromatic carbocycles. The van der Waals surface area contributed by atoms with Crippen molar-refractivity contribution in [3.63, 3.8) is 0 Å². The number of aromatic nitrogens is 2. The summed E-state index contributed by atoms with van der Waals surface area (Å²) in [7, 11) is 0. The molecule has 1 unspecified atom stereocenters. The first kappa shape index (κ1) is 7.67. The van der Waals surface area contributed by atoms with Gasteiger partial charge < -0.3 is 15.8 Å². The molecule has 1 rings (SSSR count). The van der Waals surface area contributed by atoms with E-state index >= 15 is 0 Å². The molecule has 0 aliphatic carbocycles. The third kappa shape index (κ3) is 1.35. The van der Waals surface area contributed by atoms with Gasteiger partial charge in [0.2, 0.25) is 0 Å². The molecular weight excluding hydrogens is 148 g/mol. The minimum Gasteiger partial charge on any atom is -0.358 e. The van der Waals surface area contributed by atoms with Gasteiger partial charge in [0, 0.05) is 6.04 Å². The van der Waals surface area contributed by atoms with Gasteiger partial charge in [0.15, 0.2) is 0 Å². The summed E-state index contributed by atoms with van der Waals surface area (Å²) >= 11 is 0. The Morgan fingerprint density at radius 2 is 2.55 bits per heavy atom. The molecule has 1 aromatic heterocycles. The van der Waals surface area contributed by atoms with Gasteiger partial charge >= 0.3 is 5.82 Å². The number of H-pyrrole nitrogens is 1. The average Bonchev–Trinajstić information content (AvgIpc) is 2.32. The van der Waals surface area contributed by atoms with E-state index in [0.717, 1.165) is 0 Å². The molecule has 1 atom stereocenters. The van der Waals surface area contributed by atoms with Gasteiger partial charge in [0.1, 0.15) is 0 Å². The third-order valence-corrected chi connectivity index (χ3v) is 1.32. The Morgan fingerprint density at radius 3 is 2.91 bits per heavy atom. The van der Waals surface area contributed by atoms with Gasteiger partial charge in [-0.3, -0.25) is 0 Å². The molecule has 0 radical (unpaired) electrons. The summed E-state index contributed by atoms with van der Waals surface area (Å²) in [4.78, 5) is 9.73. The molecule has 60 valence electrons. The van der Waals surface area contributed by atoms with E-state index in [2.05, 4.69) is 10.2 Å². The van der Waals surface area contributed by atoms with Gasteiger partial charge in [-0.2, -0.15) is 0 Å². The number of nitrogens with zero attached hydrogens (tertiary/aromatic N) is 2. The Bertz CT molecular complexity index is 267. The number of rotatable bonds is 2. The maximum absolute atomic E-state index is 10.3. The van der Waals surface area contributed by atoms with Crippen LogP contribution in [0.3, 0.4) is 0 Å².